The van der Waals surface area contributed by atoms with Crippen molar-refractivity contribution in [2.45, 2.75) is 26.7 Å². The van der Waals surface area contributed by atoms with Crippen LogP contribution in [0, 0.1) is 11.2 Å². The second kappa shape index (κ2) is 8.34. The van der Waals surface area contributed by atoms with Crippen LogP contribution in [0.3, 0.4) is 0 Å². The van der Waals surface area contributed by atoms with E-state index in [0.717, 1.165) is 22.2 Å². The first-order valence-corrected chi connectivity index (χ1v) is 10.4. The van der Waals surface area contributed by atoms with E-state index in [1.807, 2.05) is 29.1 Å². The van der Waals surface area contributed by atoms with Gasteiger partial charge in [-0.3, -0.25) is 4.79 Å². The molecular weight excluding hydrogens is 389 g/mol. The van der Waals surface area contributed by atoms with Crippen molar-refractivity contribution in [3.8, 4) is 5.69 Å². The zero-order chi connectivity index (χ0) is 22.0. The van der Waals surface area contributed by atoms with Crippen LogP contribution in [0.25, 0.3) is 16.6 Å². The maximum Gasteiger partial charge on any atom is 0.216 e. The van der Waals surface area contributed by atoms with Gasteiger partial charge in [0, 0.05) is 24.8 Å². The number of hydrogen-bond acceptors (Lipinski definition) is 2. The predicted octanol–water partition coefficient (Wildman–Crippen LogP) is 5.46. The molecule has 0 unspecified atom stereocenters. The van der Waals surface area contributed by atoms with E-state index in [2.05, 4.69) is 54.6 Å². The number of carbonyl (C=O) groups excluding carboxylic acids is 1. The molecule has 0 radical (unpaired) electrons. The summed E-state index contributed by atoms with van der Waals surface area (Å²) < 4.78 is 15.1. The van der Waals surface area contributed by atoms with Crippen LogP contribution < -0.4 is 5.32 Å². The van der Waals surface area contributed by atoms with Gasteiger partial charge in [0.1, 0.15) is 5.82 Å². The number of fused-ring (bicyclic) bond motifs is 1. The van der Waals surface area contributed by atoms with Gasteiger partial charge in [-0.05, 0) is 52.9 Å². The summed E-state index contributed by atoms with van der Waals surface area (Å²) in [5.74, 6) is -0.218. The minimum Gasteiger partial charge on any atom is -0.356 e. The number of rotatable bonds is 6. The summed E-state index contributed by atoms with van der Waals surface area (Å²) in [7, 11) is 0. The molecule has 31 heavy (non-hydrogen) atoms. The molecule has 0 fully saturated rings. The minimum atomic E-state index is -0.269. The first-order chi connectivity index (χ1) is 14.8. The van der Waals surface area contributed by atoms with Gasteiger partial charge in [-0.2, -0.15) is 5.10 Å². The van der Waals surface area contributed by atoms with Crippen LogP contribution in [0.4, 0.5) is 4.39 Å². The third-order valence-corrected chi connectivity index (χ3v) is 5.70. The summed E-state index contributed by atoms with van der Waals surface area (Å²) in [6.45, 7) is 6.46. The van der Waals surface area contributed by atoms with Crippen molar-refractivity contribution in [3.63, 3.8) is 0 Å². The molecular formula is C26H26FN3O. The highest BCUT2D eigenvalue weighted by Gasteiger charge is 2.32. The summed E-state index contributed by atoms with van der Waals surface area (Å²) >= 11 is 0. The van der Waals surface area contributed by atoms with Crippen LogP contribution >= 0.6 is 0 Å². The van der Waals surface area contributed by atoms with E-state index >= 15 is 0 Å². The largest absolute Gasteiger partial charge is 0.356 e. The van der Waals surface area contributed by atoms with E-state index < -0.39 is 0 Å². The van der Waals surface area contributed by atoms with E-state index in [1.54, 1.807) is 19.1 Å². The van der Waals surface area contributed by atoms with Crippen LogP contribution in [0.1, 0.15) is 37.8 Å². The second-order valence-electron chi connectivity index (χ2n) is 8.59. The Morgan fingerprint density at radius 2 is 1.74 bits per heavy atom. The van der Waals surface area contributed by atoms with Crippen molar-refractivity contribution in [1.29, 1.82) is 0 Å². The number of benzene rings is 3. The van der Waals surface area contributed by atoms with Crippen molar-refractivity contribution in [3.05, 3.63) is 95.9 Å². The Morgan fingerprint density at radius 3 is 2.42 bits per heavy atom. The highest BCUT2D eigenvalue weighted by atomic mass is 19.1. The fourth-order valence-electron chi connectivity index (χ4n) is 4.21. The van der Waals surface area contributed by atoms with Gasteiger partial charge < -0.3 is 5.32 Å². The minimum absolute atomic E-state index is 0.0316. The molecule has 0 saturated heterocycles. The third-order valence-electron chi connectivity index (χ3n) is 5.70. The first-order valence-electron chi connectivity index (χ1n) is 10.4. The van der Waals surface area contributed by atoms with Crippen molar-refractivity contribution < 1.29 is 9.18 Å². The third kappa shape index (κ3) is 4.36. The van der Waals surface area contributed by atoms with Crippen molar-refractivity contribution in [2.24, 2.45) is 5.41 Å². The Hall–Kier alpha value is -3.47. The van der Waals surface area contributed by atoms with Crippen molar-refractivity contribution >= 4 is 16.8 Å². The van der Waals surface area contributed by atoms with Crippen molar-refractivity contribution in [1.82, 2.24) is 15.1 Å². The molecule has 0 saturated carbocycles. The molecule has 0 bridgehead atoms. The molecule has 1 heterocycles. The first kappa shape index (κ1) is 20.8. The van der Waals surface area contributed by atoms with E-state index in [-0.39, 0.29) is 23.1 Å². The number of nitrogens with one attached hydrogen (secondary N) is 1. The van der Waals surface area contributed by atoms with Gasteiger partial charge in [-0.15, -0.1) is 0 Å². The molecule has 4 nitrogen and oxygen atoms in total. The van der Waals surface area contributed by atoms with Crippen LogP contribution in [-0.4, -0.2) is 22.2 Å². The lowest BCUT2D eigenvalue weighted by atomic mass is 9.71. The number of hydrogen-bond donors (Lipinski definition) is 1. The average molecular weight is 416 g/mol. The predicted molar refractivity (Wildman–Crippen MR) is 122 cm³/mol. The smallest absolute Gasteiger partial charge is 0.216 e. The number of halogens is 1. The Bertz CT molecular complexity index is 1200. The molecule has 1 amide bonds. The van der Waals surface area contributed by atoms with Gasteiger partial charge in [0.05, 0.1) is 17.4 Å². The maximum absolute atomic E-state index is 13.3. The molecule has 3 aromatic carbocycles. The standard InChI is InChI=1S/C26H26FN3O/c1-18(31)28-17-26(2,3)25(19-7-5-4-6-8-19)20-9-14-24-21(15-20)16-29-30(24)23-12-10-22(27)11-13-23/h4-16,25H,17H2,1-3H3,(H,28,31)/t25-/m1/s1. The van der Waals surface area contributed by atoms with Crippen molar-refractivity contribution in [2.75, 3.05) is 6.54 Å². The number of nitrogens with zero attached hydrogens (tertiary/aromatic N) is 2. The fraction of sp³-hybridized carbons (Fsp3) is 0.231. The van der Waals surface area contributed by atoms with E-state index in [4.69, 9.17) is 0 Å². The Morgan fingerprint density at radius 1 is 1.03 bits per heavy atom. The lowest BCUT2D eigenvalue weighted by Gasteiger charge is -2.35. The molecule has 0 aliphatic carbocycles. The van der Waals surface area contributed by atoms with Gasteiger partial charge in [-0.1, -0.05) is 50.2 Å². The van der Waals surface area contributed by atoms with Gasteiger partial charge in [-0.25, -0.2) is 9.07 Å². The Kier molecular flexibility index (Phi) is 5.59. The van der Waals surface area contributed by atoms with Gasteiger partial charge in [0.15, 0.2) is 0 Å². The van der Waals surface area contributed by atoms with Crippen LogP contribution in [-0.2, 0) is 4.79 Å². The number of aromatic nitrogens is 2. The van der Waals surface area contributed by atoms with E-state index in [9.17, 15) is 9.18 Å². The summed E-state index contributed by atoms with van der Waals surface area (Å²) in [4.78, 5) is 11.6. The molecule has 5 heteroatoms. The van der Waals surface area contributed by atoms with E-state index in [0.29, 0.717) is 6.54 Å². The molecule has 0 aliphatic rings. The quantitative estimate of drug-likeness (QED) is 0.455. The monoisotopic (exact) mass is 415 g/mol. The SMILES string of the molecule is CC(=O)NCC(C)(C)[C@H](c1ccccc1)c1ccc2c(cnn2-c2ccc(F)cc2)c1. The molecule has 1 atom stereocenters. The summed E-state index contributed by atoms with van der Waals surface area (Å²) in [5, 5.41) is 8.53. The topological polar surface area (TPSA) is 46.9 Å². The van der Waals surface area contributed by atoms with Crippen LogP contribution in [0.5, 0.6) is 0 Å². The summed E-state index contributed by atoms with van der Waals surface area (Å²) in [5.41, 5.74) is 3.92. The van der Waals surface area contributed by atoms with Crippen LogP contribution in [0.2, 0.25) is 0 Å². The van der Waals surface area contributed by atoms with Gasteiger partial charge in [0.25, 0.3) is 0 Å². The molecule has 1 aromatic heterocycles. The summed E-state index contributed by atoms with van der Waals surface area (Å²) in [6.07, 6.45) is 1.84. The van der Waals surface area contributed by atoms with E-state index in [1.165, 1.54) is 17.7 Å². The molecule has 1 N–H and O–H groups in total. The molecule has 4 aromatic rings. The lowest BCUT2D eigenvalue weighted by Crippen LogP contribution is -2.37. The number of amides is 1. The molecule has 0 spiro atoms. The Balaban J connectivity index is 1.77. The van der Waals surface area contributed by atoms with Gasteiger partial charge in [0.2, 0.25) is 5.91 Å². The normalized spacial score (nSPS) is 12.6. The zero-order valence-corrected chi connectivity index (χ0v) is 18.0. The highest BCUT2D eigenvalue weighted by Crippen LogP contribution is 2.41. The summed E-state index contributed by atoms with van der Waals surface area (Å²) in [6, 6.07) is 23.0. The Labute approximate surface area is 181 Å². The fourth-order valence-corrected chi connectivity index (χ4v) is 4.21. The molecule has 0 aliphatic heterocycles. The molecule has 4 rings (SSSR count). The molecule has 158 valence electrons. The highest BCUT2D eigenvalue weighted by molar-refractivity contribution is 5.81. The maximum atomic E-state index is 13.3. The zero-order valence-electron chi connectivity index (χ0n) is 18.0. The second-order valence-corrected chi connectivity index (χ2v) is 8.59. The van der Waals surface area contributed by atoms with Gasteiger partial charge >= 0.3 is 0 Å². The van der Waals surface area contributed by atoms with Crippen LogP contribution in [0.15, 0.2) is 79.0 Å². The lowest BCUT2D eigenvalue weighted by molar-refractivity contribution is -0.119. The number of carbonyl (C=O) groups is 1. The average Bonchev–Trinajstić information content (AvgIpc) is 3.17.